The molecular weight excluding hydrogens is 374 g/mol. The maximum Gasteiger partial charge on any atom is 0.489 e. The number of hydrogen-bond acceptors (Lipinski definition) is 8. The van der Waals surface area contributed by atoms with Gasteiger partial charge in [0, 0.05) is 11.8 Å². The van der Waals surface area contributed by atoms with Crippen molar-refractivity contribution in [1.82, 2.24) is 0 Å². The summed E-state index contributed by atoms with van der Waals surface area (Å²) in [4.78, 5) is 10.0. The SMILES string of the molecule is O=P1(S)O/C=C2/OCC=C2OP(O)(=S)O/C=C2/OCC=C2O1. The fraction of sp³-hybridized carbons (Fsp3) is 0.200. The summed E-state index contributed by atoms with van der Waals surface area (Å²) in [5.74, 6) is 0.383. The first-order valence-electron chi connectivity index (χ1n) is 5.83. The normalized spacial score (nSPS) is 38.6. The average Bonchev–Trinajstić information content (AvgIpc) is 3.02. The number of fused-ring (bicyclic) bond motifs is 2. The smallest absolute Gasteiger partial charge is 0.482 e. The van der Waals surface area contributed by atoms with E-state index in [1.165, 1.54) is 12.2 Å². The number of hydrogen-bond donors (Lipinski definition) is 2. The molecule has 120 valence electrons. The standard InChI is InChI=1S/C10H10O8P2S2/c11-19(21)16-6-10-8(2-4-14-10)18-20(12,22)15-5-9-7(17-19)1-3-13-9/h1-2,5-6H,3-4H2,(H,11,21)(H,12,22)/b9-5+,10-6+. The summed E-state index contributed by atoms with van der Waals surface area (Å²) < 4.78 is 43.0. The molecule has 3 rings (SSSR count). The van der Waals surface area contributed by atoms with Crippen molar-refractivity contribution >= 4 is 37.6 Å². The fourth-order valence-electron chi connectivity index (χ4n) is 1.63. The lowest BCUT2D eigenvalue weighted by molar-refractivity contribution is 0.213. The molecule has 3 aliphatic rings. The van der Waals surface area contributed by atoms with Crippen molar-refractivity contribution in [3.05, 3.63) is 47.7 Å². The molecule has 0 amide bonds. The van der Waals surface area contributed by atoms with Crippen molar-refractivity contribution in [1.29, 1.82) is 0 Å². The first-order valence-corrected chi connectivity index (χ1v) is 11.1. The van der Waals surface area contributed by atoms with Crippen LogP contribution in [0.3, 0.4) is 0 Å². The molecule has 8 nitrogen and oxygen atoms in total. The Bertz CT molecular complexity index is 650. The van der Waals surface area contributed by atoms with Crippen LogP contribution in [0.5, 0.6) is 0 Å². The highest BCUT2D eigenvalue weighted by Crippen LogP contribution is 2.57. The maximum absolute atomic E-state index is 12.2. The summed E-state index contributed by atoms with van der Waals surface area (Å²) in [7, 11) is 0. The monoisotopic (exact) mass is 384 g/mol. The average molecular weight is 384 g/mol. The summed E-state index contributed by atoms with van der Waals surface area (Å²) in [6.45, 7) is -7.04. The highest BCUT2D eigenvalue weighted by Gasteiger charge is 2.31. The Morgan fingerprint density at radius 3 is 2.18 bits per heavy atom. The molecular formula is C10H10O8P2S2. The minimum Gasteiger partial charge on any atom is -0.482 e. The third kappa shape index (κ3) is 3.64. The minimum absolute atomic E-state index is 0.0891. The number of rotatable bonds is 0. The van der Waals surface area contributed by atoms with E-state index in [1.807, 2.05) is 0 Å². The van der Waals surface area contributed by atoms with Crippen LogP contribution in [-0.4, -0.2) is 18.1 Å². The van der Waals surface area contributed by atoms with Crippen molar-refractivity contribution in [3.8, 4) is 0 Å². The molecule has 2 unspecified atom stereocenters. The van der Waals surface area contributed by atoms with Gasteiger partial charge in [-0.05, 0) is 24.4 Å². The first-order chi connectivity index (χ1) is 10.3. The van der Waals surface area contributed by atoms with Crippen molar-refractivity contribution in [2.75, 3.05) is 13.2 Å². The molecule has 0 fully saturated rings. The quantitative estimate of drug-likeness (QED) is 0.483. The van der Waals surface area contributed by atoms with Gasteiger partial charge in [-0.1, -0.05) is 0 Å². The zero-order valence-corrected chi connectivity index (χ0v) is 14.3. The maximum atomic E-state index is 12.2. The predicted molar refractivity (Wildman–Crippen MR) is 81.7 cm³/mol. The minimum atomic E-state index is -3.76. The van der Waals surface area contributed by atoms with Crippen molar-refractivity contribution in [3.63, 3.8) is 0 Å². The van der Waals surface area contributed by atoms with E-state index in [-0.39, 0.29) is 36.3 Å². The third-order valence-electron chi connectivity index (χ3n) is 2.51. The van der Waals surface area contributed by atoms with Gasteiger partial charge in [-0.15, -0.1) is 0 Å². The second-order valence-electron chi connectivity index (χ2n) is 4.05. The van der Waals surface area contributed by atoms with Crippen molar-refractivity contribution in [2.45, 2.75) is 0 Å². The van der Waals surface area contributed by atoms with E-state index in [2.05, 4.69) is 12.2 Å². The molecule has 0 bridgehead atoms. The van der Waals surface area contributed by atoms with Crippen LogP contribution < -0.4 is 0 Å². The number of ether oxygens (including phenoxy) is 2. The summed E-state index contributed by atoms with van der Waals surface area (Å²) in [6, 6.07) is 0. The van der Waals surface area contributed by atoms with Gasteiger partial charge in [0.2, 0.25) is 0 Å². The number of thiol groups is 1. The molecule has 0 aromatic carbocycles. The molecule has 0 saturated heterocycles. The van der Waals surface area contributed by atoms with Crippen LogP contribution in [0.25, 0.3) is 0 Å². The van der Waals surface area contributed by atoms with Crippen LogP contribution >= 0.6 is 25.8 Å². The second-order valence-corrected chi connectivity index (χ2v) is 9.57. The third-order valence-corrected chi connectivity index (χ3v) is 5.12. The van der Waals surface area contributed by atoms with Gasteiger partial charge < -0.3 is 32.5 Å². The van der Waals surface area contributed by atoms with Gasteiger partial charge in [-0.3, -0.25) is 0 Å². The van der Waals surface area contributed by atoms with Crippen LogP contribution in [-0.2, 0) is 43.9 Å². The van der Waals surface area contributed by atoms with Gasteiger partial charge in [0.1, 0.15) is 25.7 Å². The lowest BCUT2D eigenvalue weighted by Crippen LogP contribution is -1.98. The molecule has 2 atom stereocenters. The summed E-state index contributed by atoms with van der Waals surface area (Å²) in [5, 5.41) is 0. The highest BCUT2D eigenvalue weighted by molar-refractivity contribution is 8.44. The van der Waals surface area contributed by atoms with Crippen molar-refractivity contribution < 1.29 is 37.0 Å². The van der Waals surface area contributed by atoms with Crippen LogP contribution in [0.4, 0.5) is 0 Å². The van der Waals surface area contributed by atoms with E-state index in [0.29, 0.717) is 0 Å². The van der Waals surface area contributed by atoms with Crippen LogP contribution in [0, 0.1) is 0 Å². The Morgan fingerprint density at radius 2 is 1.55 bits per heavy atom. The van der Waals surface area contributed by atoms with Gasteiger partial charge in [0.15, 0.2) is 23.0 Å². The molecule has 0 aromatic heterocycles. The van der Waals surface area contributed by atoms with E-state index < -0.39 is 13.5 Å². The largest absolute Gasteiger partial charge is 0.489 e. The van der Waals surface area contributed by atoms with E-state index in [0.717, 1.165) is 12.5 Å². The van der Waals surface area contributed by atoms with Gasteiger partial charge in [-0.25, -0.2) is 4.57 Å². The van der Waals surface area contributed by atoms with E-state index in [1.54, 1.807) is 0 Å². The fourth-order valence-corrected chi connectivity index (χ4v) is 3.77. The van der Waals surface area contributed by atoms with Gasteiger partial charge in [-0.2, -0.15) is 0 Å². The lowest BCUT2D eigenvalue weighted by Gasteiger charge is -2.19. The Morgan fingerprint density at radius 1 is 1.00 bits per heavy atom. The van der Waals surface area contributed by atoms with Crippen LogP contribution in [0.1, 0.15) is 0 Å². The first kappa shape index (κ1) is 15.8. The molecule has 3 heterocycles. The molecule has 22 heavy (non-hydrogen) atoms. The molecule has 3 aliphatic heterocycles. The molecule has 0 spiro atoms. The highest BCUT2D eigenvalue weighted by atomic mass is 32.7. The van der Waals surface area contributed by atoms with Gasteiger partial charge >= 0.3 is 13.5 Å². The molecule has 0 radical (unpaired) electrons. The Balaban J connectivity index is 1.96. The van der Waals surface area contributed by atoms with E-state index in [4.69, 9.17) is 39.4 Å². The second kappa shape index (κ2) is 5.86. The molecule has 0 saturated carbocycles. The zero-order chi connectivity index (χ0) is 15.8. The molecule has 12 heteroatoms. The molecule has 1 N–H and O–H groups in total. The van der Waals surface area contributed by atoms with E-state index in [9.17, 15) is 9.46 Å². The van der Waals surface area contributed by atoms with Gasteiger partial charge in [0.25, 0.3) is 0 Å². The zero-order valence-electron chi connectivity index (χ0n) is 10.8. The Kier molecular flexibility index (Phi) is 4.22. The molecule has 0 aromatic rings. The van der Waals surface area contributed by atoms with Crippen LogP contribution in [0.2, 0.25) is 0 Å². The Hall–Kier alpha value is -1.05. The van der Waals surface area contributed by atoms with Crippen molar-refractivity contribution in [2.24, 2.45) is 0 Å². The van der Waals surface area contributed by atoms with Crippen LogP contribution in [0.15, 0.2) is 47.7 Å². The predicted octanol–water partition coefficient (Wildman–Crippen LogP) is 2.83. The summed E-state index contributed by atoms with van der Waals surface area (Å²) in [6.07, 6.45) is 5.06. The summed E-state index contributed by atoms with van der Waals surface area (Å²) in [5.41, 5.74) is 0. The Labute approximate surface area is 135 Å². The van der Waals surface area contributed by atoms with E-state index >= 15 is 0 Å². The topological polar surface area (TPSA) is 92.7 Å². The molecule has 0 aliphatic carbocycles. The van der Waals surface area contributed by atoms with Gasteiger partial charge in [0.05, 0.1) is 0 Å². The lowest BCUT2D eigenvalue weighted by atomic mass is 10.4. The summed E-state index contributed by atoms with van der Waals surface area (Å²) >= 11 is 8.73.